The average molecular weight is 305 g/mol. The lowest BCUT2D eigenvalue weighted by Gasteiger charge is -2.04. The molecule has 2 N–H and O–H groups in total. The van der Waals surface area contributed by atoms with Crippen molar-refractivity contribution in [3.05, 3.63) is 35.5 Å². The zero-order valence-electron chi connectivity index (χ0n) is 10.4. The number of aromatic amines is 1. The number of thiazole rings is 1. The highest BCUT2D eigenvalue weighted by molar-refractivity contribution is 7.99. The van der Waals surface area contributed by atoms with Crippen LogP contribution in [0.3, 0.4) is 0 Å². The highest BCUT2D eigenvalue weighted by Gasteiger charge is 2.07. The molecule has 1 amide bonds. The quantitative estimate of drug-likeness (QED) is 0.556. The van der Waals surface area contributed by atoms with Crippen LogP contribution in [0.15, 0.2) is 34.9 Å². The van der Waals surface area contributed by atoms with Gasteiger partial charge in [0.15, 0.2) is 0 Å². The van der Waals surface area contributed by atoms with E-state index in [1.165, 1.54) is 11.8 Å². The minimum Gasteiger partial charge on any atom is -0.351 e. The predicted octanol–water partition coefficient (Wildman–Crippen LogP) is 1.94. The Hall–Kier alpha value is -1.93. The molecule has 0 spiro atoms. The van der Waals surface area contributed by atoms with Gasteiger partial charge in [0, 0.05) is 17.9 Å². The molecule has 0 unspecified atom stereocenters. The summed E-state index contributed by atoms with van der Waals surface area (Å²) in [6.07, 6.45) is 1.66. The van der Waals surface area contributed by atoms with Crippen molar-refractivity contribution in [3.8, 4) is 0 Å². The van der Waals surface area contributed by atoms with Crippen LogP contribution in [0, 0.1) is 0 Å². The van der Waals surface area contributed by atoms with Crippen LogP contribution < -0.4 is 5.32 Å². The second-order valence-electron chi connectivity index (χ2n) is 3.95. The fraction of sp³-hybridized carbons (Fsp3) is 0.167. The van der Waals surface area contributed by atoms with E-state index in [9.17, 15) is 4.79 Å². The smallest absolute Gasteiger partial charge is 0.251 e. The lowest BCUT2D eigenvalue weighted by molar-refractivity contribution is 0.0956. The van der Waals surface area contributed by atoms with E-state index in [4.69, 9.17) is 0 Å². The number of aromatic nitrogens is 4. The average Bonchev–Trinajstić information content (AvgIpc) is 3.13. The van der Waals surface area contributed by atoms with Crippen molar-refractivity contribution < 1.29 is 4.79 Å². The molecule has 0 bridgehead atoms. The van der Waals surface area contributed by atoms with E-state index in [2.05, 4.69) is 25.7 Å². The lowest BCUT2D eigenvalue weighted by atomic mass is 10.2. The zero-order valence-corrected chi connectivity index (χ0v) is 12.0. The van der Waals surface area contributed by atoms with Gasteiger partial charge in [-0.15, -0.1) is 28.2 Å². The molecule has 102 valence electrons. The Morgan fingerprint density at radius 1 is 1.45 bits per heavy atom. The number of fused-ring (bicyclic) bond motifs is 1. The molecule has 3 rings (SSSR count). The van der Waals surface area contributed by atoms with Gasteiger partial charge in [-0.05, 0) is 18.2 Å². The Balaban J connectivity index is 1.53. The molecule has 3 aromatic rings. The van der Waals surface area contributed by atoms with Gasteiger partial charge in [0.05, 0.1) is 21.9 Å². The molecule has 0 fully saturated rings. The first-order valence-corrected chi connectivity index (χ1v) is 7.79. The van der Waals surface area contributed by atoms with E-state index >= 15 is 0 Å². The normalized spacial score (nSPS) is 10.8. The van der Waals surface area contributed by atoms with Crippen molar-refractivity contribution in [1.82, 2.24) is 25.7 Å². The summed E-state index contributed by atoms with van der Waals surface area (Å²) in [5.41, 5.74) is 3.27. The molecule has 2 aromatic heterocycles. The molecule has 8 heteroatoms. The topological polar surface area (TPSA) is 83.6 Å². The van der Waals surface area contributed by atoms with Crippen molar-refractivity contribution in [1.29, 1.82) is 0 Å². The summed E-state index contributed by atoms with van der Waals surface area (Å²) in [6.45, 7) is 0.575. The number of hydrogen-bond acceptors (Lipinski definition) is 6. The molecule has 0 saturated carbocycles. The van der Waals surface area contributed by atoms with E-state index < -0.39 is 0 Å². The summed E-state index contributed by atoms with van der Waals surface area (Å²) < 4.78 is 1.09. The maximum absolute atomic E-state index is 12.0. The molecule has 6 nitrogen and oxygen atoms in total. The molecular formula is C12H11N5OS2. The van der Waals surface area contributed by atoms with E-state index in [0.717, 1.165) is 21.0 Å². The fourth-order valence-corrected chi connectivity index (χ4v) is 2.99. The number of thioether (sulfide) groups is 1. The van der Waals surface area contributed by atoms with Gasteiger partial charge >= 0.3 is 0 Å². The van der Waals surface area contributed by atoms with Crippen LogP contribution in [0.1, 0.15) is 10.4 Å². The molecule has 0 aliphatic carbocycles. The van der Waals surface area contributed by atoms with Gasteiger partial charge < -0.3 is 5.32 Å². The van der Waals surface area contributed by atoms with Crippen LogP contribution in [0.5, 0.6) is 0 Å². The Kier molecular flexibility index (Phi) is 3.93. The molecular weight excluding hydrogens is 294 g/mol. The van der Waals surface area contributed by atoms with Gasteiger partial charge in [-0.1, -0.05) is 0 Å². The van der Waals surface area contributed by atoms with Gasteiger partial charge in [0.25, 0.3) is 5.91 Å². The third-order valence-electron chi connectivity index (χ3n) is 2.62. The summed E-state index contributed by atoms with van der Waals surface area (Å²) in [6, 6.07) is 5.55. The van der Waals surface area contributed by atoms with E-state index in [0.29, 0.717) is 12.1 Å². The largest absolute Gasteiger partial charge is 0.351 e. The second kappa shape index (κ2) is 6.02. The van der Waals surface area contributed by atoms with Gasteiger partial charge in [-0.3, -0.25) is 4.79 Å². The number of benzene rings is 1. The van der Waals surface area contributed by atoms with E-state index in [1.54, 1.807) is 23.0 Å². The van der Waals surface area contributed by atoms with Crippen LogP contribution >= 0.6 is 23.1 Å². The molecule has 0 aliphatic rings. The van der Waals surface area contributed by atoms with E-state index in [1.807, 2.05) is 18.2 Å². The lowest BCUT2D eigenvalue weighted by Crippen LogP contribution is -2.25. The number of nitrogens with zero attached hydrogens (tertiary/aromatic N) is 3. The summed E-state index contributed by atoms with van der Waals surface area (Å²) in [7, 11) is 0. The molecule has 1 aromatic carbocycles. The molecule has 0 saturated heterocycles. The summed E-state index contributed by atoms with van der Waals surface area (Å²) in [5, 5.41) is 13.9. The highest BCUT2D eigenvalue weighted by Crippen LogP contribution is 2.18. The number of rotatable bonds is 5. The minimum atomic E-state index is -0.0827. The molecule has 2 heterocycles. The van der Waals surface area contributed by atoms with E-state index in [-0.39, 0.29) is 5.91 Å². The van der Waals surface area contributed by atoms with Gasteiger partial charge in [0.1, 0.15) is 5.03 Å². The number of hydrogen-bond donors (Lipinski definition) is 2. The fourth-order valence-electron chi connectivity index (χ4n) is 1.68. The monoisotopic (exact) mass is 305 g/mol. The molecule has 0 aliphatic heterocycles. The Labute approximate surface area is 123 Å². The van der Waals surface area contributed by atoms with Gasteiger partial charge in [0.2, 0.25) is 0 Å². The minimum absolute atomic E-state index is 0.0827. The molecule has 0 atom stereocenters. The third kappa shape index (κ3) is 2.97. The van der Waals surface area contributed by atoms with Crippen LogP contribution in [-0.4, -0.2) is 38.6 Å². The zero-order chi connectivity index (χ0) is 13.8. The van der Waals surface area contributed by atoms with Gasteiger partial charge in [-0.2, -0.15) is 10.3 Å². The number of carbonyl (C=O) groups excluding carboxylic acids is 1. The second-order valence-corrected chi connectivity index (χ2v) is 5.95. The van der Waals surface area contributed by atoms with Crippen molar-refractivity contribution in [3.63, 3.8) is 0 Å². The maximum atomic E-state index is 12.0. The first kappa shape index (κ1) is 13.1. The van der Waals surface area contributed by atoms with Crippen molar-refractivity contribution in [2.45, 2.75) is 5.03 Å². The van der Waals surface area contributed by atoms with Crippen molar-refractivity contribution in [2.75, 3.05) is 12.3 Å². The number of H-pyrrole nitrogens is 1. The first-order chi connectivity index (χ1) is 9.83. The Morgan fingerprint density at radius 3 is 3.25 bits per heavy atom. The molecule has 0 radical (unpaired) electrons. The van der Waals surface area contributed by atoms with Crippen LogP contribution in [0.25, 0.3) is 10.2 Å². The Morgan fingerprint density at radius 2 is 2.40 bits per heavy atom. The predicted molar refractivity (Wildman–Crippen MR) is 79.1 cm³/mol. The van der Waals surface area contributed by atoms with Crippen LogP contribution in [0.4, 0.5) is 0 Å². The van der Waals surface area contributed by atoms with Crippen LogP contribution in [0.2, 0.25) is 0 Å². The van der Waals surface area contributed by atoms with Gasteiger partial charge in [-0.25, -0.2) is 4.98 Å². The van der Waals surface area contributed by atoms with Crippen molar-refractivity contribution in [2.24, 2.45) is 0 Å². The summed E-state index contributed by atoms with van der Waals surface area (Å²) in [4.78, 5) is 16.2. The maximum Gasteiger partial charge on any atom is 0.251 e. The number of amides is 1. The summed E-state index contributed by atoms with van der Waals surface area (Å²) in [5.74, 6) is 0.665. The highest BCUT2D eigenvalue weighted by atomic mass is 32.2. The SMILES string of the molecule is O=C(NCCSc1cn[nH]n1)c1ccc2scnc2c1. The Bertz CT molecular complexity index is 710. The first-order valence-electron chi connectivity index (χ1n) is 5.93. The third-order valence-corrected chi connectivity index (χ3v) is 4.33. The standard InChI is InChI=1S/C12H11N5OS2/c18-12(13-3-4-19-11-6-15-17-16-11)8-1-2-10-9(5-8)14-7-20-10/h1-2,5-7H,3-4H2,(H,13,18)(H,15,16,17). The van der Waals surface area contributed by atoms with Crippen molar-refractivity contribution >= 4 is 39.2 Å². The number of carbonyl (C=O) groups is 1. The number of nitrogens with one attached hydrogen (secondary N) is 2. The molecule has 20 heavy (non-hydrogen) atoms. The summed E-state index contributed by atoms with van der Waals surface area (Å²) >= 11 is 3.10. The van der Waals surface area contributed by atoms with Crippen LogP contribution in [-0.2, 0) is 0 Å².